The third-order valence-corrected chi connectivity index (χ3v) is 4.35. The average Bonchev–Trinajstić information content (AvgIpc) is 3.18. The molecule has 1 saturated heterocycles. The molecule has 1 N–H and O–H groups in total. The summed E-state index contributed by atoms with van der Waals surface area (Å²) in [5.74, 6) is 0.667. The van der Waals surface area contributed by atoms with Crippen LogP contribution in [0.1, 0.15) is 43.5 Å². The van der Waals surface area contributed by atoms with Crippen molar-refractivity contribution in [3.8, 4) is 0 Å². The summed E-state index contributed by atoms with van der Waals surface area (Å²) in [6.07, 6.45) is 0.209. The lowest BCUT2D eigenvalue weighted by molar-refractivity contribution is -0.126. The first-order chi connectivity index (χ1) is 11.9. The lowest BCUT2D eigenvalue weighted by Gasteiger charge is -2.17. The van der Waals surface area contributed by atoms with Crippen LogP contribution in [0.4, 0.5) is 5.69 Å². The molecule has 0 aliphatic carbocycles. The van der Waals surface area contributed by atoms with E-state index < -0.39 is 0 Å². The van der Waals surface area contributed by atoms with Crippen LogP contribution in [0.15, 0.2) is 28.7 Å². The van der Waals surface area contributed by atoms with Crippen LogP contribution in [-0.2, 0) is 16.1 Å². The number of hydrogen-bond donors (Lipinski definition) is 1. The van der Waals surface area contributed by atoms with Gasteiger partial charge in [-0.05, 0) is 23.6 Å². The van der Waals surface area contributed by atoms with E-state index in [-0.39, 0.29) is 30.7 Å². The number of anilines is 1. The highest BCUT2D eigenvalue weighted by Crippen LogP contribution is 2.27. The Labute approximate surface area is 146 Å². The molecule has 25 heavy (non-hydrogen) atoms. The largest absolute Gasteiger partial charge is 0.424 e. The molecule has 1 unspecified atom stereocenters. The molecule has 7 heteroatoms. The molecule has 2 aromatic rings. The molecule has 1 aliphatic heterocycles. The minimum atomic E-state index is -0.374. The van der Waals surface area contributed by atoms with Gasteiger partial charge in [0, 0.05) is 25.6 Å². The second-order valence-electron chi connectivity index (χ2n) is 6.58. The predicted molar refractivity (Wildman–Crippen MR) is 91.9 cm³/mol. The lowest BCUT2D eigenvalue weighted by atomic mass is 10.0. The monoisotopic (exact) mass is 342 g/mol. The van der Waals surface area contributed by atoms with Crippen molar-refractivity contribution in [1.82, 2.24) is 15.5 Å². The van der Waals surface area contributed by atoms with Crippen LogP contribution in [0.3, 0.4) is 0 Å². The molecule has 1 fully saturated rings. The standard InChI is InChI=1S/C18H22N4O3/c1-11(2)13-4-6-15(7-5-13)22-10-14(8-17(22)23)18(24)19-9-16-21-20-12(3)25-16/h4-7,11,14H,8-10H2,1-3H3,(H,19,24). The molecule has 2 heterocycles. The summed E-state index contributed by atoms with van der Waals surface area (Å²) in [6.45, 7) is 6.50. The molecule has 1 atom stereocenters. The van der Waals surface area contributed by atoms with Gasteiger partial charge in [0.2, 0.25) is 23.6 Å². The summed E-state index contributed by atoms with van der Waals surface area (Å²) in [5, 5.41) is 10.3. The summed E-state index contributed by atoms with van der Waals surface area (Å²) < 4.78 is 5.22. The van der Waals surface area contributed by atoms with E-state index in [4.69, 9.17) is 4.42 Å². The predicted octanol–water partition coefficient (Wildman–Crippen LogP) is 2.17. The van der Waals surface area contributed by atoms with Gasteiger partial charge < -0.3 is 14.6 Å². The van der Waals surface area contributed by atoms with Gasteiger partial charge in [0.1, 0.15) is 0 Å². The first kappa shape index (κ1) is 17.1. The van der Waals surface area contributed by atoms with Crippen LogP contribution in [-0.4, -0.2) is 28.6 Å². The van der Waals surface area contributed by atoms with Crippen molar-refractivity contribution in [2.45, 2.75) is 39.7 Å². The van der Waals surface area contributed by atoms with E-state index in [0.29, 0.717) is 24.2 Å². The number of benzene rings is 1. The van der Waals surface area contributed by atoms with Gasteiger partial charge in [0.15, 0.2) is 0 Å². The summed E-state index contributed by atoms with van der Waals surface area (Å²) in [6, 6.07) is 7.93. The summed E-state index contributed by atoms with van der Waals surface area (Å²) in [5.41, 5.74) is 2.05. The molecule has 1 aliphatic rings. The normalized spacial score (nSPS) is 17.4. The van der Waals surface area contributed by atoms with E-state index in [2.05, 4.69) is 29.4 Å². The smallest absolute Gasteiger partial charge is 0.235 e. The number of carbonyl (C=O) groups is 2. The van der Waals surface area contributed by atoms with Crippen molar-refractivity contribution < 1.29 is 14.0 Å². The van der Waals surface area contributed by atoms with E-state index in [1.807, 2.05) is 24.3 Å². The molecular weight excluding hydrogens is 320 g/mol. The molecule has 0 saturated carbocycles. The van der Waals surface area contributed by atoms with Crippen molar-refractivity contribution >= 4 is 17.5 Å². The SMILES string of the molecule is Cc1nnc(CNC(=O)C2CC(=O)N(c3ccc(C(C)C)cc3)C2)o1. The van der Waals surface area contributed by atoms with Gasteiger partial charge in [-0.2, -0.15) is 0 Å². The molecule has 1 aromatic carbocycles. The second kappa shape index (κ2) is 7.04. The van der Waals surface area contributed by atoms with E-state index in [1.165, 1.54) is 5.56 Å². The minimum Gasteiger partial charge on any atom is -0.424 e. The quantitative estimate of drug-likeness (QED) is 0.899. The number of aryl methyl sites for hydroxylation is 1. The van der Waals surface area contributed by atoms with Crippen LogP contribution >= 0.6 is 0 Å². The Morgan fingerprint density at radius 1 is 1.32 bits per heavy atom. The average molecular weight is 342 g/mol. The Balaban J connectivity index is 1.60. The zero-order chi connectivity index (χ0) is 18.0. The zero-order valence-corrected chi connectivity index (χ0v) is 14.7. The maximum Gasteiger partial charge on any atom is 0.235 e. The number of rotatable bonds is 5. The lowest BCUT2D eigenvalue weighted by Crippen LogP contribution is -2.32. The van der Waals surface area contributed by atoms with Crippen LogP contribution in [0.2, 0.25) is 0 Å². The minimum absolute atomic E-state index is 0.0360. The molecule has 3 rings (SSSR count). The van der Waals surface area contributed by atoms with E-state index >= 15 is 0 Å². The molecule has 7 nitrogen and oxygen atoms in total. The van der Waals surface area contributed by atoms with Crippen molar-refractivity contribution in [2.75, 3.05) is 11.4 Å². The van der Waals surface area contributed by atoms with Gasteiger partial charge >= 0.3 is 0 Å². The number of nitrogens with one attached hydrogen (secondary N) is 1. The molecule has 132 valence electrons. The molecule has 0 radical (unpaired) electrons. The van der Waals surface area contributed by atoms with E-state index in [0.717, 1.165) is 5.69 Å². The van der Waals surface area contributed by atoms with Gasteiger partial charge in [0.25, 0.3) is 0 Å². The topological polar surface area (TPSA) is 88.3 Å². The summed E-state index contributed by atoms with van der Waals surface area (Å²) >= 11 is 0. The number of aromatic nitrogens is 2. The fraction of sp³-hybridized carbons (Fsp3) is 0.444. The Hall–Kier alpha value is -2.70. The Morgan fingerprint density at radius 3 is 2.64 bits per heavy atom. The molecule has 0 bridgehead atoms. The highest BCUT2D eigenvalue weighted by Gasteiger charge is 2.35. The number of amides is 2. The van der Waals surface area contributed by atoms with Crippen molar-refractivity contribution in [3.05, 3.63) is 41.6 Å². The fourth-order valence-corrected chi connectivity index (χ4v) is 2.89. The van der Waals surface area contributed by atoms with Crippen LogP contribution in [0, 0.1) is 12.8 Å². The van der Waals surface area contributed by atoms with E-state index in [1.54, 1.807) is 11.8 Å². The third-order valence-electron chi connectivity index (χ3n) is 4.35. The van der Waals surface area contributed by atoms with Crippen LogP contribution in [0.5, 0.6) is 0 Å². The van der Waals surface area contributed by atoms with Gasteiger partial charge in [-0.3, -0.25) is 9.59 Å². The highest BCUT2D eigenvalue weighted by molar-refractivity contribution is 6.00. The maximum absolute atomic E-state index is 12.3. The summed E-state index contributed by atoms with van der Waals surface area (Å²) in [4.78, 5) is 26.3. The second-order valence-corrected chi connectivity index (χ2v) is 6.58. The van der Waals surface area contributed by atoms with Crippen molar-refractivity contribution in [3.63, 3.8) is 0 Å². The maximum atomic E-state index is 12.3. The van der Waals surface area contributed by atoms with Crippen molar-refractivity contribution in [1.29, 1.82) is 0 Å². The Bertz CT molecular complexity index is 767. The van der Waals surface area contributed by atoms with Gasteiger partial charge in [0.05, 0.1) is 12.5 Å². The summed E-state index contributed by atoms with van der Waals surface area (Å²) in [7, 11) is 0. The third kappa shape index (κ3) is 3.87. The number of nitrogens with zero attached hydrogens (tertiary/aromatic N) is 3. The number of hydrogen-bond acceptors (Lipinski definition) is 5. The zero-order valence-electron chi connectivity index (χ0n) is 14.7. The van der Waals surface area contributed by atoms with Crippen LogP contribution < -0.4 is 10.2 Å². The first-order valence-electron chi connectivity index (χ1n) is 8.41. The van der Waals surface area contributed by atoms with Crippen LogP contribution in [0.25, 0.3) is 0 Å². The van der Waals surface area contributed by atoms with Gasteiger partial charge in [-0.1, -0.05) is 26.0 Å². The molecule has 1 aromatic heterocycles. The van der Waals surface area contributed by atoms with Crippen molar-refractivity contribution in [2.24, 2.45) is 5.92 Å². The number of carbonyl (C=O) groups excluding carboxylic acids is 2. The molecule has 0 spiro atoms. The highest BCUT2D eigenvalue weighted by atomic mass is 16.4. The Morgan fingerprint density at radius 2 is 2.04 bits per heavy atom. The van der Waals surface area contributed by atoms with Gasteiger partial charge in [-0.25, -0.2) is 0 Å². The molecular formula is C18H22N4O3. The molecule has 2 amide bonds. The van der Waals surface area contributed by atoms with Gasteiger partial charge in [-0.15, -0.1) is 10.2 Å². The Kier molecular flexibility index (Phi) is 4.83. The van der Waals surface area contributed by atoms with E-state index in [9.17, 15) is 9.59 Å². The first-order valence-corrected chi connectivity index (χ1v) is 8.41. The fourth-order valence-electron chi connectivity index (χ4n) is 2.89.